The normalized spacial score (nSPS) is 21.4. The Labute approximate surface area is 157 Å². The molecule has 1 amide bonds. The third-order valence-corrected chi connectivity index (χ3v) is 6.05. The van der Waals surface area contributed by atoms with E-state index in [2.05, 4.69) is 10.1 Å². The minimum Gasteiger partial charge on any atom is -0.377 e. The predicted molar refractivity (Wildman–Crippen MR) is 98.4 cm³/mol. The average molecular weight is 373 g/mol. The lowest BCUT2D eigenvalue weighted by Crippen LogP contribution is -2.74. The van der Waals surface area contributed by atoms with Crippen LogP contribution in [0.15, 0.2) is 28.8 Å². The number of piperidine rings is 1. The summed E-state index contributed by atoms with van der Waals surface area (Å²) in [5, 5.41) is 3.89. The van der Waals surface area contributed by atoms with Crippen LogP contribution in [0.5, 0.6) is 0 Å². The van der Waals surface area contributed by atoms with Gasteiger partial charge in [-0.3, -0.25) is 4.79 Å². The van der Waals surface area contributed by atoms with Crippen LogP contribution < -0.4 is 4.90 Å². The number of likely N-dealkylation sites (tertiary alicyclic amines) is 1. The number of aryl methyl sites for hydroxylation is 2. The summed E-state index contributed by atoms with van der Waals surface area (Å²) in [6.07, 6.45) is 1.63. The molecule has 1 atom stereocenters. The number of rotatable bonds is 3. The fourth-order valence-electron chi connectivity index (χ4n) is 4.51. The minimum absolute atomic E-state index is 0.0355. The fraction of sp³-hybridized carbons (Fsp3) is 0.500. The van der Waals surface area contributed by atoms with E-state index in [0.717, 1.165) is 25.1 Å². The third-order valence-electron chi connectivity index (χ3n) is 6.05. The fourth-order valence-corrected chi connectivity index (χ4v) is 4.51. The highest BCUT2D eigenvalue weighted by atomic mass is 19.1. The zero-order valence-electron chi connectivity index (χ0n) is 15.9. The smallest absolute Gasteiger partial charge is 0.259 e. The van der Waals surface area contributed by atoms with Gasteiger partial charge in [0.25, 0.3) is 5.91 Å². The maximum Gasteiger partial charge on any atom is 0.259 e. The van der Waals surface area contributed by atoms with E-state index < -0.39 is 0 Å². The molecule has 0 radical (unpaired) electrons. The molecule has 2 fully saturated rings. The zero-order chi connectivity index (χ0) is 19.2. The van der Waals surface area contributed by atoms with Crippen LogP contribution in [0.3, 0.4) is 0 Å². The molecule has 0 aliphatic carbocycles. The molecular formula is C20H24FN3O3. The number of carbonyl (C=O) groups is 1. The molecule has 2 aromatic rings. The van der Waals surface area contributed by atoms with E-state index in [-0.39, 0.29) is 23.4 Å². The summed E-state index contributed by atoms with van der Waals surface area (Å²) in [5.74, 6) is 0.277. The van der Waals surface area contributed by atoms with Crippen LogP contribution in [0, 0.1) is 19.7 Å². The van der Waals surface area contributed by atoms with Crippen molar-refractivity contribution in [3.63, 3.8) is 0 Å². The first-order chi connectivity index (χ1) is 13.0. The first-order valence-electron chi connectivity index (χ1n) is 9.24. The van der Waals surface area contributed by atoms with Crippen molar-refractivity contribution in [1.29, 1.82) is 0 Å². The Balaban J connectivity index is 1.53. The molecule has 4 rings (SSSR count). The molecule has 1 spiro atoms. The Morgan fingerprint density at radius 3 is 2.67 bits per heavy atom. The number of aromatic nitrogens is 1. The zero-order valence-corrected chi connectivity index (χ0v) is 15.9. The number of hydrogen-bond donors (Lipinski definition) is 0. The lowest BCUT2D eigenvalue weighted by atomic mass is 9.73. The molecule has 0 saturated carbocycles. The number of methoxy groups -OCH3 is 1. The molecule has 0 bridgehead atoms. The lowest BCUT2D eigenvalue weighted by molar-refractivity contribution is -0.0433. The van der Waals surface area contributed by atoms with Gasteiger partial charge in [0.1, 0.15) is 17.1 Å². The maximum atomic E-state index is 13.7. The highest BCUT2D eigenvalue weighted by molar-refractivity contribution is 5.96. The first-order valence-corrected chi connectivity index (χ1v) is 9.24. The van der Waals surface area contributed by atoms with Gasteiger partial charge in [-0.05, 0) is 44.9 Å². The summed E-state index contributed by atoms with van der Waals surface area (Å²) in [7, 11) is 1.72. The quantitative estimate of drug-likeness (QED) is 0.828. The van der Waals surface area contributed by atoms with Gasteiger partial charge < -0.3 is 19.1 Å². The van der Waals surface area contributed by atoms with Crippen molar-refractivity contribution in [3.8, 4) is 0 Å². The molecule has 144 valence electrons. The first kappa shape index (κ1) is 18.0. The van der Waals surface area contributed by atoms with E-state index in [1.807, 2.05) is 11.0 Å². The molecule has 0 N–H and O–H groups in total. The number of benzene rings is 1. The Hall–Kier alpha value is -2.41. The SMILES string of the molecule is COC1CN(c2cccc(F)c2)C12CCN(C(=O)c1c(C)noc1C)CC2. The van der Waals surface area contributed by atoms with Gasteiger partial charge in [-0.1, -0.05) is 11.2 Å². The van der Waals surface area contributed by atoms with Gasteiger partial charge in [0.15, 0.2) is 0 Å². The number of carbonyl (C=O) groups excluding carboxylic acids is 1. The summed E-state index contributed by atoms with van der Waals surface area (Å²) >= 11 is 0. The third kappa shape index (κ3) is 2.81. The second-order valence-corrected chi connectivity index (χ2v) is 7.41. The van der Waals surface area contributed by atoms with E-state index in [9.17, 15) is 9.18 Å². The van der Waals surface area contributed by atoms with Crippen molar-refractivity contribution >= 4 is 11.6 Å². The number of anilines is 1. The molecule has 2 saturated heterocycles. The van der Waals surface area contributed by atoms with E-state index in [1.165, 1.54) is 6.07 Å². The largest absolute Gasteiger partial charge is 0.377 e. The van der Waals surface area contributed by atoms with Gasteiger partial charge in [-0.2, -0.15) is 0 Å². The summed E-state index contributed by atoms with van der Waals surface area (Å²) < 4.78 is 24.5. The molecule has 7 heteroatoms. The van der Waals surface area contributed by atoms with E-state index in [1.54, 1.807) is 33.1 Å². The van der Waals surface area contributed by atoms with E-state index in [0.29, 0.717) is 30.1 Å². The van der Waals surface area contributed by atoms with Crippen LogP contribution in [0.4, 0.5) is 10.1 Å². The number of hydrogen-bond acceptors (Lipinski definition) is 5. The molecule has 1 aromatic heterocycles. The second-order valence-electron chi connectivity index (χ2n) is 7.41. The summed E-state index contributed by atoms with van der Waals surface area (Å²) in [6.45, 7) is 5.52. The monoisotopic (exact) mass is 373 g/mol. The van der Waals surface area contributed by atoms with Gasteiger partial charge >= 0.3 is 0 Å². The van der Waals surface area contributed by atoms with Crippen molar-refractivity contribution in [2.24, 2.45) is 0 Å². The molecule has 27 heavy (non-hydrogen) atoms. The van der Waals surface area contributed by atoms with Crippen LogP contribution in [0.1, 0.15) is 34.7 Å². The molecule has 3 heterocycles. The maximum absolute atomic E-state index is 13.7. The van der Waals surface area contributed by atoms with Gasteiger partial charge in [0.05, 0.1) is 17.3 Å². The van der Waals surface area contributed by atoms with Crippen LogP contribution in [-0.4, -0.2) is 54.4 Å². The van der Waals surface area contributed by atoms with E-state index in [4.69, 9.17) is 9.26 Å². The minimum atomic E-state index is -0.241. The van der Waals surface area contributed by atoms with Crippen molar-refractivity contribution < 1.29 is 18.4 Å². The van der Waals surface area contributed by atoms with Gasteiger partial charge in [-0.15, -0.1) is 0 Å². The molecule has 2 aliphatic rings. The Kier molecular flexibility index (Phi) is 4.42. The number of halogens is 1. The predicted octanol–water partition coefficient (Wildman–Crippen LogP) is 2.94. The lowest BCUT2D eigenvalue weighted by Gasteiger charge is -2.61. The number of nitrogens with zero attached hydrogens (tertiary/aromatic N) is 3. The highest BCUT2D eigenvalue weighted by Crippen LogP contribution is 2.45. The van der Waals surface area contributed by atoms with Gasteiger partial charge in [0.2, 0.25) is 0 Å². The van der Waals surface area contributed by atoms with E-state index >= 15 is 0 Å². The van der Waals surface area contributed by atoms with Crippen LogP contribution in [0.2, 0.25) is 0 Å². The van der Waals surface area contributed by atoms with Crippen molar-refractivity contribution in [3.05, 3.63) is 47.1 Å². The number of ether oxygens (including phenoxy) is 1. The highest BCUT2D eigenvalue weighted by Gasteiger charge is 2.55. The molecular weight excluding hydrogens is 349 g/mol. The van der Waals surface area contributed by atoms with Crippen LogP contribution in [0.25, 0.3) is 0 Å². The van der Waals surface area contributed by atoms with Crippen LogP contribution >= 0.6 is 0 Å². The summed E-state index contributed by atoms with van der Waals surface area (Å²) in [6, 6.07) is 6.68. The Morgan fingerprint density at radius 2 is 2.07 bits per heavy atom. The average Bonchev–Trinajstić information content (AvgIpc) is 2.99. The van der Waals surface area contributed by atoms with Gasteiger partial charge in [-0.25, -0.2) is 4.39 Å². The Bertz CT molecular complexity index is 838. The molecule has 1 unspecified atom stereocenters. The number of amides is 1. The van der Waals surface area contributed by atoms with Crippen molar-refractivity contribution in [2.75, 3.05) is 31.6 Å². The second kappa shape index (κ2) is 6.64. The Morgan fingerprint density at radius 1 is 1.33 bits per heavy atom. The molecule has 2 aliphatic heterocycles. The van der Waals surface area contributed by atoms with Crippen molar-refractivity contribution in [2.45, 2.75) is 38.3 Å². The van der Waals surface area contributed by atoms with Crippen LogP contribution in [-0.2, 0) is 4.74 Å². The van der Waals surface area contributed by atoms with Crippen molar-refractivity contribution in [1.82, 2.24) is 10.1 Å². The molecule has 1 aromatic carbocycles. The summed E-state index contributed by atoms with van der Waals surface area (Å²) in [4.78, 5) is 17.0. The topological polar surface area (TPSA) is 58.8 Å². The summed E-state index contributed by atoms with van der Waals surface area (Å²) in [5.41, 5.74) is 1.86. The molecule has 6 nitrogen and oxygen atoms in total. The standard InChI is InChI=1S/C20H24FN3O3/c1-13-18(14(2)27-22-13)19(25)23-9-7-20(8-10-23)17(26-3)12-24(20)16-6-4-5-15(21)11-16/h4-6,11,17H,7-10,12H2,1-3H3. The van der Waals surface area contributed by atoms with Gasteiger partial charge in [0, 0.05) is 32.4 Å².